The Labute approximate surface area is 185 Å². The number of rotatable bonds is 3. The van der Waals surface area contributed by atoms with Gasteiger partial charge in [-0.05, 0) is 79.0 Å². The van der Waals surface area contributed by atoms with Crippen molar-refractivity contribution < 1.29 is 12.6 Å². The zero-order valence-electron chi connectivity index (χ0n) is 18.4. The van der Waals surface area contributed by atoms with E-state index in [-0.39, 0.29) is 10.8 Å². The molecule has 28 heavy (non-hydrogen) atoms. The van der Waals surface area contributed by atoms with Gasteiger partial charge in [-0.1, -0.05) is 40.7 Å². The SMILES string of the molecule is CC.CC.COc1ccc2c(c1)CCC1(C=O)C2CCC2(C)CC(OI)CC21. The number of benzene rings is 1. The molecule has 0 saturated heterocycles. The summed E-state index contributed by atoms with van der Waals surface area (Å²) in [4.78, 5) is 12.5. The van der Waals surface area contributed by atoms with Gasteiger partial charge in [-0.15, -0.1) is 0 Å². The maximum absolute atomic E-state index is 12.5. The molecule has 5 atom stereocenters. The van der Waals surface area contributed by atoms with Crippen LogP contribution in [0, 0.1) is 16.7 Å². The summed E-state index contributed by atoms with van der Waals surface area (Å²) in [5, 5.41) is 0. The molecule has 0 heterocycles. The normalized spacial score (nSPS) is 35.0. The van der Waals surface area contributed by atoms with E-state index in [0.717, 1.165) is 37.9 Å². The zero-order valence-corrected chi connectivity index (χ0v) is 20.5. The van der Waals surface area contributed by atoms with Gasteiger partial charge in [0.25, 0.3) is 0 Å². The fraction of sp³-hybridized carbons (Fsp3) is 0.708. The summed E-state index contributed by atoms with van der Waals surface area (Å²) < 4.78 is 11.1. The van der Waals surface area contributed by atoms with Crippen molar-refractivity contribution in [2.45, 2.75) is 85.2 Å². The second kappa shape index (κ2) is 9.92. The molecule has 0 aromatic heterocycles. The van der Waals surface area contributed by atoms with Gasteiger partial charge in [0.1, 0.15) is 35.0 Å². The molecule has 2 fully saturated rings. The third-order valence-electron chi connectivity index (χ3n) is 7.23. The third-order valence-corrected chi connectivity index (χ3v) is 7.95. The van der Waals surface area contributed by atoms with Crippen molar-refractivity contribution in [2.24, 2.45) is 16.7 Å². The Bertz CT molecular complexity index is 661. The van der Waals surface area contributed by atoms with Gasteiger partial charge in [-0.2, -0.15) is 0 Å². The van der Waals surface area contributed by atoms with Crippen LogP contribution in [0.5, 0.6) is 5.75 Å². The number of methoxy groups -OCH3 is 1. The predicted molar refractivity (Wildman–Crippen MR) is 124 cm³/mol. The number of halogens is 1. The van der Waals surface area contributed by atoms with Crippen molar-refractivity contribution in [2.75, 3.05) is 7.11 Å². The van der Waals surface area contributed by atoms with Gasteiger partial charge in [-0.25, -0.2) is 0 Å². The molecule has 0 amide bonds. The Morgan fingerprint density at radius 1 is 1.18 bits per heavy atom. The van der Waals surface area contributed by atoms with E-state index in [1.807, 2.05) is 50.7 Å². The van der Waals surface area contributed by atoms with Crippen LogP contribution >= 0.6 is 23.0 Å². The molecule has 0 bridgehead atoms. The highest BCUT2D eigenvalue weighted by Gasteiger charge is 2.61. The van der Waals surface area contributed by atoms with Crippen LogP contribution in [0.3, 0.4) is 0 Å². The molecule has 3 aliphatic carbocycles. The number of aldehydes is 1. The first kappa shape index (κ1) is 23.7. The number of fused-ring (bicyclic) bond motifs is 5. The standard InChI is InChI=1S/C20H25IO3.2C2H6/c1-19-7-6-17-16-4-3-14(23-2)9-13(16)5-8-20(17,12-22)18(19)10-15(11-19)24-21;2*1-2/h3-4,9,12,15,17-18H,5-8,10-11H2,1-2H3;2*1-2H3. The van der Waals surface area contributed by atoms with E-state index in [1.54, 1.807) is 7.11 Å². The van der Waals surface area contributed by atoms with E-state index in [1.165, 1.54) is 23.8 Å². The lowest BCUT2D eigenvalue weighted by Gasteiger charge is -2.55. The first-order valence-electron chi connectivity index (χ1n) is 11.0. The van der Waals surface area contributed by atoms with Gasteiger partial charge >= 0.3 is 0 Å². The average molecular weight is 500 g/mol. The molecule has 0 radical (unpaired) electrons. The highest BCUT2D eigenvalue weighted by Crippen LogP contribution is 2.66. The van der Waals surface area contributed by atoms with Crippen molar-refractivity contribution in [1.29, 1.82) is 0 Å². The van der Waals surface area contributed by atoms with Crippen molar-refractivity contribution in [3.05, 3.63) is 29.3 Å². The quantitative estimate of drug-likeness (QED) is 0.334. The summed E-state index contributed by atoms with van der Waals surface area (Å²) in [6.07, 6.45) is 7.99. The van der Waals surface area contributed by atoms with Gasteiger partial charge in [-0.3, -0.25) is 0 Å². The van der Waals surface area contributed by atoms with Gasteiger partial charge in [0.05, 0.1) is 13.2 Å². The lowest BCUT2D eigenvalue weighted by Crippen LogP contribution is -2.50. The van der Waals surface area contributed by atoms with E-state index in [9.17, 15) is 4.79 Å². The monoisotopic (exact) mass is 500 g/mol. The minimum absolute atomic E-state index is 0.210. The van der Waals surface area contributed by atoms with Gasteiger partial charge in [0.2, 0.25) is 0 Å². The fourth-order valence-electron chi connectivity index (χ4n) is 6.12. The lowest BCUT2D eigenvalue weighted by molar-refractivity contribution is -0.129. The van der Waals surface area contributed by atoms with Gasteiger partial charge < -0.3 is 12.6 Å². The maximum Gasteiger partial charge on any atom is 0.127 e. The molecule has 4 heteroatoms. The third kappa shape index (κ3) is 3.88. The Morgan fingerprint density at radius 2 is 1.89 bits per heavy atom. The van der Waals surface area contributed by atoms with Gasteiger partial charge in [0.15, 0.2) is 0 Å². The first-order valence-corrected chi connectivity index (χ1v) is 11.8. The lowest BCUT2D eigenvalue weighted by atomic mass is 9.48. The van der Waals surface area contributed by atoms with E-state index in [0.29, 0.717) is 17.9 Å². The van der Waals surface area contributed by atoms with E-state index >= 15 is 0 Å². The predicted octanol–water partition coefficient (Wildman–Crippen LogP) is 6.91. The molecule has 3 aliphatic rings. The van der Waals surface area contributed by atoms with E-state index in [2.05, 4.69) is 25.1 Å². The smallest absolute Gasteiger partial charge is 0.127 e. The summed E-state index contributed by atoms with van der Waals surface area (Å²) in [5.74, 6) is 1.72. The largest absolute Gasteiger partial charge is 0.497 e. The average Bonchev–Trinajstić information content (AvgIpc) is 3.13. The number of aryl methyl sites for hydroxylation is 1. The van der Waals surface area contributed by atoms with Crippen molar-refractivity contribution in [3.8, 4) is 5.75 Å². The zero-order chi connectivity index (χ0) is 20.9. The molecule has 3 nitrogen and oxygen atoms in total. The maximum atomic E-state index is 12.5. The number of hydrogen-bond donors (Lipinski definition) is 0. The Balaban J connectivity index is 0.000000660. The second-order valence-corrected chi connectivity index (χ2v) is 8.75. The summed E-state index contributed by atoms with van der Waals surface area (Å²) in [5.41, 5.74) is 2.80. The number of carbonyl (C=O) groups excluding carboxylic acids is 1. The van der Waals surface area contributed by atoms with Crippen LogP contribution in [-0.2, 0) is 14.3 Å². The van der Waals surface area contributed by atoms with Crippen molar-refractivity contribution in [3.63, 3.8) is 0 Å². The van der Waals surface area contributed by atoms with Crippen LogP contribution in [0.4, 0.5) is 0 Å². The molecule has 1 aromatic carbocycles. The van der Waals surface area contributed by atoms with Crippen LogP contribution < -0.4 is 4.74 Å². The number of carbonyl (C=O) groups is 1. The van der Waals surface area contributed by atoms with Crippen LogP contribution in [0.15, 0.2) is 18.2 Å². The molecule has 0 aliphatic heterocycles. The van der Waals surface area contributed by atoms with Crippen LogP contribution in [-0.4, -0.2) is 19.5 Å². The summed E-state index contributed by atoms with van der Waals surface area (Å²) in [6, 6.07) is 6.43. The van der Waals surface area contributed by atoms with Crippen LogP contribution in [0.2, 0.25) is 0 Å². The minimum Gasteiger partial charge on any atom is -0.497 e. The summed E-state index contributed by atoms with van der Waals surface area (Å²) >= 11 is 2.04. The Hall–Kier alpha value is -0.620. The van der Waals surface area contributed by atoms with Crippen LogP contribution in [0.1, 0.15) is 83.8 Å². The number of ether oxygens (including phenoxy) is 1. The van der Waals surface area contributed by atoms with E-state index in [4.69, 9.17) is 7.80 Å². The van der Waals surface area contributed by atoms with Gasteiger partial charge in [0, 0.05) is 5.41 Å². The highest BCUT2D eigenvalue weighted by atomic mass is 127. The fourth-order valence-corrected chi connectivity index (χ4v) is 6.51. The highest BCUT2D eigenvalue weighted by molar-refractivity contribution is 14.1. The van der Waals surface area contributed by atoms with E-state index < -0.39 is 0 Å². The molecule has 5 unspecified atom stereocenters. The summed E-state index contributed by atoms with van der Waals surface area (Å²) in [6.45, 7) is 10.4. The molecule has 1 aromatic rings. The molecular weight excluding hydrogens is 463 g/mol. The molecule has 158 valence electrons. The molecule has 2 saturated carbocycles. The molecule has 0 spiro atoms. The summed E-state index contributed by atoms with van der Waals surface area (Å²) in [7, 11) is 1.72. The molecule has 4 rings (SSSR count). The van der Waals surface area contributed by atoms with Crippen LogP contribution in [0.25, 0.3) is 0 Å². The topological polar surface area (TPSA) is 35.5 Å². The Morgan fingerprint density at radius 3 is 2.50 bits per heavy atom. The molecule has 0 N–H and O–H groups in total. The van der Waals surface area contributed by atoms with Crippen molar-refractivity contribution >= 4 is 29.3 Å². The number of hydrogen-bond acceptors (Lipinski definition) is 3. The second-order valence-electron chi connectivity index (χ2n) is 8.24. The minimum atomic E-state index is -0.210. The first-order chi connectivity index (χ1) is 13.6. The molecular formula is C24H37IO3. The van der Waals surface area contributed by atoms with Crippen molar-refractivity contribution in [1.82, 2.24) is 0 Å². The Kier molecular flexibility index (Phi) is 8.38.